The summed E-state index contributed by atoms with van der Waals surface area (Å²) in [6, 6.07) is 3.68. The number of anilines is 1. The molecule has 2 rings (SSSR count). The Balaban J connectivity index is 1.93. The second-order valence-electron chi connectivity index (χ2n) is 4.85. The fraction of sp³-hybridized carbons (Fsp3) is 0.571. The van der Waals surface area contributed by atoms with Gasteiger partial charge in [-0.1, -0.05) is 13.3 Å². The molecule has 19 heavy (non-hydrogen) atoms. The number of carbonyl (C=O) groups excluding carboxylic acids is 1. The molecule has 1 amide bonds. The maximum Gasteiger partial charge on any atom is 0.284 e. The molecule has 0 bridgehead atoms. The molecule has 1 aliphatic rings. The van der Waals surface area contributed by atoms with Crippen molar-refractivity contribution < 1.29 is 4.79 Å². The lowest BCUT2D eigenvalue weighted by Crippen LogP contribution is -2.45. The minimum absolute atomic E-state index is 0.123. The first-order valence-corrected chi connectivity index (χ1v) is 7.05. The van der Waals surface area contributed by atoms with Crippen LogP contribution in [0, 0.1) is 0 Å². The van der Waals surface area contributed by atoms with Gasteiger partial charge in [0.15, 0.2) is 0 Å². The molecule has 1 aliphatic heterocycles. The molecule has 0 saturated carbocycles. The van der Waals surface area contributed by atoms with Crippen molar-refractivity contribution in [2.75, 3.05) is 25.0 Å². The quantitative estimate of drug-likeness (QED) is 0.852. The van der Waals surface area contributed by atoms with E-state index in [1.54, 1.807) is 12.3 Å². The number of rotatable bonds is 5. The van der Waals surface area contributed by atoms with Crippen LogP contribution >= 0.6 is 0 Å². The summed E-state index contributed by atoms with van der Waals surface area (Å²) in [5, 5.41) is 5.25. The molecule has 5 nitrogen and oxygen atoms in total. The van der Waals surface area contributed by atoms with Gasteiger partial charge >= 0.3 is 0 Å². The third-order valence-corrected chi connectivity index (χ3v) is 3.19. The van der Waals surface area contributed by atoms with Crippen LogP contribution < -0.4 is 10.7 Å². The topological polar surface area (TPSA) is 57.3 Å². The summed E-state index contributed by atoms with van der Waals surface area (Å²) in [6.07, 6.45) is 6.26. The molecule has 0 aromatic carbocycles. The first-order valence-electron chi connectivity index (χ1n) is 7.05. The molecule has 1 aromatic rings. The van der Waals surface area contributed by atoms with Gasteiger partial charge in [-0.2, -0.15) is 0 Å². The molecule has 5 heteroatoms. The van der Waals surface area contributed by atoms with Gasteiger partial charge in [0.2, 0.25) is 0 Å². The number of carbonyl (C=O) groups is 1. The summed E-state index contributed by atoms with van der Waals surface area (Å²) >= 11 is 0. The minimum atomic E-state index is -0.123. The summed E-state index contributed by atoms with van der Waals surface area (Å²) in [4.78, 5) is 16.2. The van der Waals surface area contributed by atoms with E-state index in [-0.39, 0.29) is 5.91 Å². The van der Waals surface area contributed by atoms with E-state index in [2.05, 4.69) is 22.7 Å². The fourth-order valence-corrected chi connectivity index (χ4v) is 2.14. The molecule has 2 N–H and O–H groups in total. The van der Waals surface area contributed by atoms with Crippen LogP contribution in [0.1, 0.15) is 43.1 Å². The zero-order chi connectivity index (χ0) is 13.5. The second kappa shape index (κ2) is 7.09. The van der Waals surface area contributed by atoms with Crippen molar-refractivity contribution in [1.29, 1.82) is 0 Å². The van der Waals surface area contributed by atoms with Gasteiger partial charge in [-0.3, -0.25) is 15.2 Å². The Morgan fingerprint density at radius 3 is 2.89 bits per heavy atom. The van der Waals surface area contributed by atoms with Gasteiger partial charge in [0.05, 0.1) is 0 Å². The first kappa shape index (κ1) is 13.8. The molecule has 0 unspecified atom stereocenters. The summed E-state index contributed by atoms with van der Waals surface area (Å²) in [5.41, 5.74) is 4.33. The maximum absolute atomic E-state index is 12.1. The van der Waals surface area contributed by atoms with Gasteiger partial charge in [-0.25, -0.2) is 5.01 Å². The maximum atomic E-state index is 12.1. The fourth-order valence-electron chi connectivity index (χ4n) is 2.14. The molecule has 1 fully saturated rings. The number of hydrogen-bond acceptors (Lipinski definition) is 4. The highest BCUT2D eigenvalue weighted by Crippen LogP contribution is 2.10. The van der Waals surface area contributed by atoms with Gasteiger partial charge in [-0.15, -0.1) is 0 Å². The highest BCUT2D eigenvalue weighted by Gasteiger charge is 2.14. The highest BCUT2D eigenvalue weighted by atomic mass is 16.2. The Morgan fingerprint density at radius 1 is 1.37 bits per heavy atom. The Kier molecular flexibility index (Phi) is 5.15. The summed E-state index contributed by atoms with van der Waals surface area (Å²) in [6.45, 7) is 4.87. The van der Waals surface area contributed by atoms with Crippen LogP contribution in [-0.4, -0.2) is 35.5 Å². The third kappa shape index (κ3) is 4.21. The van der Waals surface area contributed by atoms with E-state index in [9.17, 15) is 4.79 Å². The zero-order valence-corrected chi connectivity index (χ0v) is 11.5. The van der Waals surface area contributed by atoms with Crippen LogP contribution in [0.4, 0.5) is 5.69 Å². The summed E-state index contributed by atoms with van der Waals surface area (Å²) < 4.78 is 0. The molecule has 0 atom stereocenters. The van der Waals surface area contributed by atoms with Crippen molar-refractivity contribution in [3.05, 3.63) is 24.0 Å². The van der Waals surface area contributed by atoms with E-state index < -0.39 is 0 Å². The summed E-state index contributed by atoms with van der Waals surface area (Å²) in [7, 11) is 0. The van der Waals surface area contributed by atoms with Crippen LogP contribution in [0.15, 0.2) is 18.3 Å². The molecule has 0 radical (unpaired) electrons. The Bertz CT molecular complexity index is 416. The van der Waals surface area contributed by atoms with E-state index in [4.69, 9.17) is 0 Å². The Hall–Kier alpha value is -1.62. The van der Waals surface area contributed by atoms with Crippen molar-refractivity contribution in [2.24, 2.45) is 0 Å². The second-order valence-corrected chi connectivity index (χ2v) is 4.85. The highest BCUT2D eigenvalue weighted by molar-refractivity contribution is 5.92. The first-order chi connectivity index (χ1) is 9.29. The lowest BCUT2D eigenvalue weighted by Gasteiger charge is -2.26. The number of pyridine rings is 1. The minimum Gasteiger partial charge on any atom is -0.385 e. The number of nitrogens with one attached hydrogen (secondary N) is 2. The monoisotopic (exact) mass is 262 g/mol. The number of hydrogen-bond donors (Lipinski definition) is 2. The predicted octanol–water partition coefficient (Wildman–Crippen LogP) is 2.03. The predicted molar refractivity (Wildman–Crippen MR) is 75.9 cm³/mol. The number of hydrazine groups is 1. The molecule has 0 aliphatic carbocycles. The van der Waals surface area contributed by atoms with Gasteiger partial charge < -0.3 is 5.32 Å². The van der Waals surface area contributed by atoms with Gasteiger partial charge in [-0.05, 0) is 31.4 Å². The van der Waals surface area contributed by atoms with Crippen molar-refractivity contribution in [1.82, 2.24) is 15.4 Å². The molecule has 0 spiro atoms. The standard InChI is InChI=1S/C14H22N4O/c1-2-7-15-12-6-8-16-13(11-12)14(19)17-18-9-4-3-5-10-18/h6,8,11H,2-5,7,9-10H2,1H3,(H,15,16)(H,17,19). The molecule has 1 aromatic heterocycles. The van der Waals surface area contributed by atoms with E-state index in [0.717, 1.165) is 44.6 Å². The summed E-state index contributed by atoms with van der Waals surface area (Å²) in [5.74, 6) is -0.123. The third-order valence-electron chi connectivity index (χ3n) is 3.19. The Labute approximate surface area is 114 Å². The zero-order valence-electron chi connectivity index (χ0n) is 11.5. The van der Waals surface area contributed by atoms with Crippen molar-refractivity contribution in [3.8, 4) is 0 Å². The van der Waals surface area contributed by atoms with Crippen molar-refractivity contribution >= 4 is 11.6 Å². The van der Waals surface area contributed by atoms with Crippen LogP contribution in [0.5, 0.6) is 0 Å². The van der Waals surface area contributed by atoms with Crippen LogP contribution in [-0.2, 0) is 0 Å². The van der Waals surface area contributed by atoms with Crippen LogP contribution in [0.2, 0.25) is 0 Å². The van der Waals surface area contributed by atoms with Crippen LogP contribution in [0.25, 0.3) is 0 Å². The van der Waals surface area contributed by atoms with E-state index in [1.807, 2.05) is 11.1 Å². The van der Waals surface area contributed by atoms with Crippen molar-refractivity contribution in [3.63, 3.8) is 0 Å². The molecule has 1 saturated heterocycles. The van der Waals surface area contributed by atoms with Crippen molar-refractivity contribution in [2.45, 2.75) is 32.6 Å². The average molecular weight is 262 g/mol. The Morgan fingerprint density at radius 2 is 2.16 bits per heavy atom. The largest absolute Gasteiger partial charge is 0.385 e. The van der Waals surface area contributed by atoms with E-state index in [1.165, 1.54) is 6.42 Å². The smallest absolute Gasteiger partial charge is 0.284 e. The SMILES string of the molecule is CCCNc1ccnc(C(=O)NN2CCCCC2)c1. The molecule has 2 heterocycles. The number of piperidine rings is 1. The number of amides is 1. The number of nitrogens with zero attached hydrogens (tertiary/aromatic N) is 2. The lowest BCUT2D eigenvalue weighted by atomic mass is 10.2. The molecular weight excluding hydrogens is 240 g/mol. The van der Waals surface area contributed by atoms with Gasteiger partial charge in [0.25, 0.3) is 5.91 Å². The van der Waals surface area contributed by atoms with Gasteiger partial charge in [0, 0.05) is 31.5 Å². The molecule has 104 valence electrons. The number of aromatic nitrogens is 1. The lowest BCUT2D eigenvalue weighted by molar-refractivity contribution is 0.0745. The van der Waals surface area contributed by atoms with E-state index in [0.29, 0.717) is 5.69 Å². The van der Waals surface area contributed by atoms with Gasteiger partial charge in [0.1, 0.15) is 5.69 Å². The average Bonchev–Trinajstić information content (AvgIpc) is 2.46. The molecular formula is C14H22N4O. The normalized spacial score (nSPS) is 16.1. The van der Waals surface area contributed by atoms with Crippen LogP contribution in [0.3, 0.4) is 0 Å². The van der Waals surface area contributed by atoms with E-state index >= 15 is 0 Å².